The molecule has 1 aromatic heterocycles. The molecule has 1 N–H and O–H groups in total. The number of likely N-dealkylation sites (N-methyl/N-ethyl adjacent to an activating group) is 1. The Kier molecular flexibility index (Phi) is 5.39. The summed E-state index contributed by atoms with van der Waals surface area (Å²) in [5.74, 6) is -1.07. The number of amides is 1. The summed E-state index contributed by atoms with van der Waals surface area (Å²) in [6.45, 7) is 1.52. The Morgan fingerprint density at radius 2 is 1.96 bits per heavy atom. The van der Waals surface area contributed by atoms with Crippen LogP contribution in [-0.2, 0) is 21.2 Å². The molecule has 124 valence electrons. The maximum atomic E-state index is 12.9. The SMILES string of the molecule is CCc1nnc(NC(=O)CN(C)S(=O)(=O)c2ccc(F)cc2)s1. The molecular weight excluding hydrogens is 343 g/mol. The topological polar surface area (TPSA) is 92.3 Å². The molecule has 0 aliphatic carbocycles. The van der Waals surface area contributed by atoms with Crippen molar-refractivity contribution in [1.82, 2.24) is 14.5 Å². The third-order valence-corrected chi connectivity index (χ3v) is 5.70. The molecule has 0 aliphatic rings. The average molecular weight is 358 g/mol. The summed E-state index contributed by atoms with van der Waals surface area (Å²) >= 11 is 1.23. The van der Waals surface area contributed by atoms with E-state index in [-0.39, 0.29) is 11.4 Å². The zero-order chi connectivity index (χ0) is 17.0. The Balaban J connectivity index is 2.03. The van der Waals surface area contributed by atoms with Gasteiger partial charge in [-0.2, -0.15) is 4.31 Å². The molecule has 1 heterocycles. The molecule has 10 heteroatoms. The first-order valence-electron chi connectivity index (χ1n) is 6.67. The molecule has 0 saturated heterocycles. The minimum Gasteiger partial charge on any atom is -0.299 e. The van der Waals surface area contributed by atoms with Crippen molar-refractivity contribution < 1.29 is 17.6 Å². The lowest BCUT2D eigenvalue weighted by molar-refractivity contribution is -0.116. The van der Waals surface area contributed by atoms with E-state index in [1.807, 2.05) is 6.92 Å². The van der Waals surface area contributed by atoms with Gasteiger partial charge >= 0.3 is 0 Å². The largest absolute Gasteiger partial charge is 0.299 e. The number of hydrogen-bond acceptors (Lipinski definition) is 6. The molecule has 0 atom stereocenters. The molecule has 0 saturated carbocycles. The fourth-order valence-electron chi connectivity index (χ4n) is 1.68. The first-order chi connectivity index (χ1) is 10.8. The molecule has 0 aliphatic heterocycles. The maximum absolute atomic E-state index is 12.9. The van der Waals surface area contributed by atoms with E-state index in [2.05, 4.69) is 15.5 Å². The van der Waals surface area contributed by atoms with Crippen LogP contribution in [-0.4, -0.2) is 42.4 Å². The van der Waals surface area contributed by atoms with Gasteiger partial charge in [0, 0.05) is 7.05 Å². The molecule has 0 radical (unpaired) electrons. The second-order valence-electron chi connectivity index (χ2n) is 4.62. The lowest BCUT2D eigenvalue weighted by Gasteiger charge is -2.16. The summed E-state index contributed by atoms with van der Waals surface area (Å²) in [6, 6.07) is 4.40. The average Bonchev–Trinajstić information content (AvgIpc) is 2.95. The van der Waals surface area contributed by atoms with Crippen molar-refractivity contribution in [3.63, 3.8) is 0 Å². The van der Waals surface area contributed by atoms with Gasteiger partial charge in [-0.25, -0.2) is 12.8 Å². The van der Waals surface area contributed by atoms with E-state index in [0.29, 0.717) is 11.6 Å². The van der Waals surface area contributed by atoms with Crippen LogP contribution in [0.2, 0.25) is 0 Å². The second kappa shape index (κ2) is 7.11. The number of hydrogen-bond donors (Lipinski definition) is 1. The molecule has 2 aromatic rings. The van der Waals surface area contributed by atoms with Crippen molar-refractivity contribution in [2.75, 3.05) is 18.9 Å². The van der Waals surface area contributed by atoms with Crippen molar-refractivity contribution in [1.29, 1.82) is 0 Å². The van der Waals surface area contributed by atoms with Gasteiger partial charge in [0.05, 0.1) is 11.4 Å². The van der Waals surface area contributed by atoms with Crippen molar-refractivity contribution in [2.24, 2.45) is 0 Å². The minimum atomic E-state index is -3.87. The third kappa shape index (κ3) is 4.30. The molecule has 0 spiro atoms. The van der Waals surface area contributed by atoms with Crippen molar-refractivity contribution >= 4 is 32.4 Å². The smallest absolute Gasteiger partial charge is 0.243 e. The fraction of sp³-hybridized carbons (Fsp3) is 0.308. The Morgan fingerprint density at radius 1 is 1.30 bits per heavy atom. The number of aromatic nitrogens is 2. The van der Waals surface area contributed by atoms with Gasteiger partial charge in [0.15, 0.2) is 0 Å². The van der Waals surface area contributed by atoms with Gasteiger partial charge in [-0.1, -0.05) is 18.3 Å². The first-order valence-corrected chi connectivity index (χ1v) is 8.92. The Bertz CT molecular complexity index is 790. The molecule has 7 nitrogen and oxygen atoms in total. The Morgan fingerprint density at radius 3 is 2.52 bits per heavy atom. The predicted molar refractivity (Wildman–Crippen MR) is 84.1 cm³/mol. The van der Waals surface area contributed by atoms with E-state index < -0.39 is 21.7 Å². The third-order valence-electron chi connectivity index (χ3n) is 2.90. The highest BCUT2D eigenvalue weighted by molar-refractivity contribution is 7.89. The Labute approximate surface area is 137 Å². The molecule has 0 unspecified atom stereocenters. The highest BCUT2D eigenvalue weighted by Crippen LogP contribution is 2.17. The minimum absolute atomic E-state index is 0.0848. The van der Waals surface area contributed by atoms with Crippen LogP contribution in [0, 0.1) is 5.82 Å². The van der Waals surface area contributed by atoms with E-state index in [0.717, 1.165) is 33.6 Å². The van der Waals surface area contributed by atoms with Gasteiger partial charge in [0.2, 0.25) is 21.1 Å². The number of aryl methyl sites for hydroxylation is 1. The zero-order valence-corrected chi connectivity index (χ0v) is 14.1. The summed E-state index contributed by atoms with van der Waals surface area (Å²) in [5.41, 5.74) is 0. The summed E-state index contributed by atoms with van der Waals surface area (Å²) < 4.78 is 38.3. The summed E-state index contributed by atoms with van der Waals surface area (Å²) in [5, 5.41) is 11.2. The number of anilines is 1. The van der Waals surface area contributed by atoms with Crippen LogP contribution in [0.15, 0.2) is 29.2 Å². The number of sulfonamides is 1. The molecule has 0 bridgehead atoms. The lowest BCUT2D eigenvalue weighted by Crippen LogP contribution is -2.34. The molecule has 0 fully saturated rings. The monoisotopic (exact) mass is 358 g/mol. The van der Waals surface area contributed by atoms with E-state index in [9.17, 15) is 17.6 Å². The summed E-state index contributed by atoms with van der Waals surface area (Å²) in [6.07, 6.45) is 0.701. The van der Waals surface area contributed by atoms with Crippen LogP contribution in [0.1, 0.15) is 11.9 Å². The van der Waals surface area contributed by atoms with Crippen LogP contribution < -0.4 is 5.32 Å². The highest BCUT2D eigenvalue weighted by Gasteiger charge is 2.23. The Hall–Kier alpha value is -1.91. The second-order valence-corrected chi connectivity index (χ2v) is 7.72. The molecule has 1 amide bonds. The first kappa shape index (κ1) is 17.4. The molecular formula is C13H15FN4O3S2. The number of rotatable bonds is 6. The fourth-order valence-corrected chi connectivity index (χ4v) is 3.50. The van der Waals surface area contributed by atoms with Crippen molar-refractivity contribution in [2.45, 2.75) is 18.2 Å². The number of halogens is 1. The molecule has 23 heavy (non-hydrogen) atoms. The van der Waals surface area contributed by atoms with Gasteiger partial charge in [0.1, 0.15) is 10.8 Å². The lowest BCUT2D eigenvalue weighted by atomic mass is 10.4. The van der Waals surface area contributed by atoms with Crippen LogP contribution in [0.4, 0.5) is 9.52 Å². The van der Waals surface area contributed by atoms with Gasteiger partial charge in [-0.05, 0) is 30.7 Å². The van der Waals surface area contributed by atoms with Crippen LogP contribution >= 0.6 is 11.3 Å². The van der Waals surface area contributed by atoms with Gasteiger partial charge in [-0.15, -0.1) is 10.2 Å². The zero-order valence-electron chi connectivity index (χ0n) is 12.5. The van der Waals surface area contributed by atoms with Crippen molar-refractivity contribution in [3.05, 3.63) is 35.1 Å². The van der Waals surface area contributed by atoms with Crippen LogP contribution in [0.25, 0.3) is 0 Å². The van der Waals surface area contributed by atoms with Crippen LogP contribution in [0.5, 0.6) is 0 Å². The van der Waals surface area contributed by atoms with E-state index >= 15 is 0 Å². The van der Waals surface area contributed by atoms with Crippen molar-refractivity contribution in [3.8, 4) is 0 Å². The number of nitrogens with zero attached hydrogens (tertiary/aromatic N) is 3. The standard InChI is InChI=1S/C13H15FN4O3S2/c1-3-12-16-17-13(22-12)15-11(19)8-18(2)23(20,21)10-6-4-9(14)5-7-10/h4-7H,3,8H2,1-2H3,(H,15,17,19). The highest BCUT2D eigenvalue weighted by atomic mass is 32.2. The molecule has 2 rings (SSSR count). The number of nitrogens with one attached hydrogen (secondary N) is 1. The summed E-state index contributed by atoms with van der Waals surface area (Å²) in [4.78, 5) is 11.8. The van der Waals surface area contributed by atoms with E-state index in [1.165, 1.54) is 18.4 Å². The van der Waals surface area contributed by atoms with E-state index in [1.54, 1.807) is 0 Å². The quantitative estimate of drug-likeness (QED) is 0.845. The summed E-state index contributed by atoms with van der Waals surface area (Å²) in [7, 11) is -2.60. The van der Waals surface area contributed by atoms with Gasteiger partial charge in [-0.3, -0.25) is 10.1 Å². The predicted octanol–water partition coefficient (Wildman–Crippen LogP) is 1.50. The van der Waals surface area contributed by atoms with E-state index in [4.69, 9.17) is 0 Å². The number of benzene rings is 1. The number of carbonyl (C=O) groups is 1. The number of carbonyl (C=O) groups excluding carboxylic acids is 1. The van der Waals surface area contributed by atoms with Gasteiger partial charge < -0.3 is 0 Å². The normalized spacial score (nSPS) is 11.7. The maximum Gasteiger partial charge on any atom is 0.243 e. The van der Waals surface area contributed by atoms with Crippen LogP contribution in [0.3, 0.4) is 0 Å². The molecule has 1 aromatic carbocycles. The van der Waals surface area contributed by atoms with Gasteiger partial charge in [0.25, 0.3) is 0 Å².